The number of rotatable bonds is 2. The van der Waals surface area contributed by atoms with E-state index in [0.29, 0.717) is 5.84 Å². The van der Waals surface area contributed by atoms with Crippen LogP contribution in [0.3, 0.4) is 0 Å². The molecule has 2 nitrogen and oxygen atoms in total. The molecule has 0 spiro atoms. The van der Waals surface area contributed by atoms with E-state index >= 15 is 0 Å². The van der Waals surface area contributed by atoms with Crippen LogP contribution in [0.15, 0.2) is 27.7 Å². The molecule has 0 amide bonds. The van der Waals surface area contributed by atoms with E-state index in [1.165, 1.54) is 0 Å². The summed E-state index contributed by atoms with van der Waals surface area (Å²) < 4.78 is 1.07. The summed E-state index contributed by atoms with van der Waals surface area (Å²) in [5.41, 5.74) is 7.72. The van der Waals surface area contributed by atoms with Gasteiger partial charge in [-0.05, 0) is 24.6 Å². The zero-order valence-electron chi connectivity index (χ0n) is 7.84. The van der Waals surface area contributed by atoms with Crippen LogP contribution in [0.2, 0.25) is 0 Å². The fourth-order valence-corrected chi connectivity index (χ4v) is 1.31. The molecule has 0 saturated heterocycles. The summed E-state index contributed by atoms with van der Waals surface area (Å²) in [4.78, 5) is 4.30. The highest BCUT2D eigenvalue weighted by Gasteiger charge is 1.99. The van der Waals surface area contributed by atoms with Crippen LogP contribution < -0.4 is 5.73 Å². The molecule has 1 rings (SSSR count). The maximum Gasteiger partial charge on any atom is 0.0993 e. The van der Waals surface area contributed by atoms with E-state index in [9.17, 15) is 0 Å². The lowest BCUT2D eigenvalue weighted by atomic mass is 10.2. The number of halogens is 1. The number of hydrogen-bond acceptors (Lipinski definition) is 1. The standard InChI is InChI=1S/C10H13BrN2/c1-3-10(12)13-9-6-4-5-8(11)7(9)2/h4-6H,3H2,1-2H3,(H2,12,13). The molecule has 70 valence electrons. The summed E-state index contributed by atoms with van der Waals surface area (Å²) in [6, 6.07) is 5.91. The van der Waals surface area contributed by atoms with Gasteiger partial charge in [0.2, 0.25) is 0 Å². The third kappa shape index (κ3) is 2.56. The van der Waals surface area contributed by atoms with Crippen molar-refractivity contribution >= 4 is 27.5 Å². The molecular weight excluding hydrogens is 228 g/mol. The van der Waals surface area contributed by atoms with E-state index in [1.54, 1.807) is 0 Å². The molecule has 0 radical (unpaired) electrons. The lowest BCUT2D eigenvalue weighted by Crippen LogP contribution is -2.08. The third-order valence-electron chi connectivity index (χ3n) is 1.87. The first-order valence-electron chi connectivity index (χ1n) is 4.23. The van der Waals surface area contributed by atoms with Gasteiger partial charge in [-0.3, -0.25) is 0 Å². The number of nitrogens with two attached hydrogens (primary N) is 1. The van der Waals surface area contributed by atoms with E-state index in [2.05, 4.69) is 20.9 Å². The van der Waals surface area contributed by atoms with E-state index in [-0.39, 0.29) is 0 Å². The molecule has 0 aromatic heterocycles. The van der Waals surface area contributed by atoms with E-state index in [1.807, 2.05) is 32.0 Å². The molecule has 0 bridgehead atoms. The van der Waals surface area contributed by atoms with Crippen molar-refractivity contribution in [1.82, 2.24) is 0 Å². The normalized spacial score (nSPS) is 11.8. The Kier molecular flexibility index (Phi) is 3.48. The van der Waals surface area contributed by atoms with Gasteiger partial charge in [-0.25, -0.2) is 4.99 Å². The Morgan fingerprint density at radius 3 is 2.85 bits per heavy atom. The quantitative estimate of drug-likeness (QED) is 0.626. The molecule has 13 heavy (non-hydrogen) atoms. The SMILES string of the molecule is CCC(N)=Nc1cccc(Br)c1C. The van der Waals surface area contributed by atoms with E-state index in [4.69, 9.17) is 5.73 Å². The minimum atomic E-state index is 0.668. The lowest BCUT2D eigenvalue weighted by Gasteiger charge is -2.03. The van der Waals surface area contributed by atoms with Crippen molar-refractivity contribution < 1.29 is 0 Å². The average molecular weight is 241 g/mol. The van der Waals surface area contributed by atoms with Crippen LogP contribution in [0.5, 0.6) is 0 Å². The van der Waals surface area contributed by atoms with Crippen LogP contribution in [0.25, 0.3) is 0 Å². The second-order valence-corrected chi connectivity index (χ2v) is 3.69. The topological polar surface area (TPSA) is 38.4 Å². The van der Waals surface area contributed by atoms with Crippen LogP contribution >= 0.6 is 15.9 Å². The van der Waals surface area contributed by atoms with Crippen LogP contribution in [-0.2, 0) is 0 Å². The highest BCUT2D eigenvalue weighted by molar-refractivity contribution is 9.10. The molecule has 0 aliphatic heterocycles. The molecular formula is C10H13BrN2. The minimum absolute atomic E-state index is 0.668. The average Bonchev–Trinajstić information content (AvgIpc) is 2.13. The Morgan fingerprint density at radius 1 is 1.54 bits per heavy atom. The summed E-state index contributed by atoms with van der Waals surface area (Å²) in [5.74, 6) is 0.668. The van der Waals surface area contributed by atoms with Gasteiger partial charge in [0.05, 0.1) is 11.5 Å². The van der Waals surface area contributed by atoms with E-state index < -0.39 is 0 Å². The van der Waals surface area contributed by atoms with Crippen LogP contribution in [0, 0.1) is 6.92 Å². The Labute approximate surface area is 87.0 Å². The van der Waals surface area contributed by atoms with Gasteiger partial charge in [-0.15, -0.1) is 0 Å². The van der Waals surface area contributed by atoms with Gasteiger partial charge < -0.3 is 5.73 Å². The number of hydrogen-bond donors (Lipinski definition) is 1. The van der Waals surface area contributed by atoms with Gasteiger partial charge in [0.25, 0.3) is 0 Å². The van der Waals surface area contributed by atoms with Crippen molar-refractivity contribution in [3.05, 3.63) is 28.2 Å². The van der Waals surface area contributed by atoms with Crippen molar-refractivity contribution in [3.8, 4) is 0 Å². The van der Waals surface area contributed by atoms with Crippen molar-refractivity contribution in [1.29, 1.82) is 0 Å². The zero-order chi connectivity index (χ0) is 9.84. The van der Waals surface area contributed by atoms with Crippen molar-refractivity contribution in [2.75, 3.05) is 0 Å². The zero-order valence-corrected chi connectivity index (χ0v) is 9.43. The Balaban J connectivity index is 3.09. The molecule has 0 aliphatic rings. The molecule has 0 aliphatic carbocycles. The first-order chi connectivity index (χ1) is 6.15. The smallest absolute Gasteiger partial charge is 0.0993 e. The van der Waals surface area contributed by atoms with Gasteiger partial charge >= 0.3 is 0 Å². The molecule has 1 aromatic carbocycles. The van der Waals surface area contributed by atoms with Gasteiger partial charge in [0, 0.05) is 10.9 Å². The van der Waals surface area contributed by atoms with E-state index in [0.717, 1.165) is 22.1 Å². The molecule has 3 heteroatoms. The number of aliphatic imine (C=N–C) groups is 1. The second kappa shape index (κ2) is 4.42. The van der Waals surface area contributed by atoms with Crippen LogP contribution in [-0.4, -0.2) is 5.84 Å². The molecule has 0 fully saturated rings. The minimum Gasteiger partial charge on any atom is -0.387 e. The summed E-state index contributed by atoms with van der Waals surface area (Å²) in [5, 5.41) is 0. The molecule has 0 atom stereocenters. The largest absolute Gasteiger partial charge is 0.387 e. The predicted octanol–water partition coefficient (Wildman–Crippen LogP) is 3.16. The number of amidine groups is 1. The van der Waals surface area contributed by atoms with Gasteiger partial charge in [-0.1, -0.05) is 28.9 Å². The van der Waals surface area contributed by atoms with Gasteiger partial charge in [-0.2, -0.15) is 0 Å². The van der Waals surface area contributed by atoms with Gasteiger partial charge in [0.15, 0.2) is 0 Å². The van der Waals surface area contributed by atoms with Crippen molar-refractivity contribution in [2.24, 2.45) is 10.7 Å². The van der Waals surface area contributed by atoms with Crippen LogP contribution in [0.4, 0.5) is 5.69 Å². The highest BCUT2D eigenvalue weighted by Crippen LogP contribution is 2.25. The lowest BCUT2D eigenvalue weighted by molar-refractivity contribution is 1.23. The van der Waals surface area contributed by atoms with Crippen molar-refractivity contribution in [3.63, 3.8) is 0 Å². The molecule has 0 saturated carbocycles. The monoisotopic (exact) mass is 240 g/mol. The summed E-state index contributed by atoms with van der Waals surface area (Å²) >= 11 is 3.45. The molecule has 0 unspecified atom stereocenters. The predicted molar refractivity (Wildman–Crippen MR) is 60.5 cm³/mol. The first-order valence-corrected chi connectivity index (χ1v) is 5.02. The molecule has 2 N–H and O–H groups in total. The summed E-state index contributed by atoms with van der Waals surface area (Å²) in [6.45, 7) is 4.01. The maximum atomic E-state index is 5.66. The Bertz CT molecular complexity index is 332. The fraction of sp³-hybridized carbons (Fsp3) is 0.300. The molecule has 0 heterocycles. The molecule has 1 aromatic rings. The Hall–Kier alpha value is -0.830. The Morgan fingerprint density at radius 2 is 2.23 bits per heavy atom. The van der Waals surface area contributed by atoms with Crippen LogP contribution in [0.1, 0.15) is 18.9 Å². The highest BCUT2D eigenvalue weighted by atomic mass is 79.9. The first kappa shape index (κ1) is 10.3. The summed E-state index contributed by atoms with van der Waals surface area (Å²) in [6.07, 6.45) is 0.784. The third-order valence-corrected chi connectivity index (χ3v) is 2.72. The maximum absolute atomic E-state index is 5.66. The summed E-state index contributed by atoms with van der Waals surface area (Å²) in [7, 11) is 0. The fourth-order valence-electron chi connectivity index (χ4n) is 0.951. The number of benzene rings is 1. The second-order valence-electron chi connectivity index (χ2n) is 2.84. The number of nitrogens with zero attached hydrogens (tertiary/aromatic N) is 1. The van der Waals surface area contributed by atoms with Gasteiger partial charge in [0.1, 0.15) is 0 Å². The van der Waals surface area contributed by atoms with Crippen molar-refractivity contribution in [2.45, 2.75) is 20.3 Å².